The average Bonchev–Trinajstić information content (AvgIpc) is 3.13. The average molecular weight is 351 g/mol. The third-order valence-corrected chi connectivity index (χ3v) is 4.47. The Kier molecular flexibility index (Phi) is 6.90. The molecule has 2 aromatic heterocycles. The number of thioether (sulfide) groups is 1. The van der Waals surface area contributed by atoms with Crippen molar-refractivity contribution < 1.29 is 13.6 Å². The van der Waals surface area contributed by atoms with Gasteiger partial charge in [-0.2, -0.15) is 0 Å². The fourth-order valence-electron chi connectivity index (χ4n) is 2.33. The molecule has 6 nitrogen and oxygen atoms in total. The number of rotatable bonds is 9. The number of hydrogen-bond acceptors (Lipinski definition) is 6. The van der Waals surface area contributed by atoms with Crippen molar-refractivity contribution in [3.8, 4) is 11.5 Å². The summed E-state index contributed by atoms with van der Waals surface area (Å²) >= 11 is 1.24. The van der Waals surface area contributed by atoms with Crippen LogP contribution in [0.4, 0.5) is 0 Å². The summed E-state index contributed by atoms with van der Waals surface area (Å²) in [5, 5.41) is 11.3. The highest BCUT2D eigenvalue weighted by molar-refractivity contribution is 7.99. The Morgan fingerprint density at radius 2 is 2.08 bits per heavy atom. The highest BCUT2D eigenvalue weighted by Gasteiger charge is 2.15. The van der Waals surface area contributed by atoms with Gasteiger partial charge in [-0.25, -0.2) is 0 Å². The topological polar surface area (TPSA) is 81.2 Å². The summed E-state index contributed by atoms with van der Waals surface area (Å²) in [5.74, 6) is 2.08. The van der Waals surface area contributed by atoms with Crippen molar-refractivity contribution in [1.29, 1.82) is 0 Å². The maximum absolute atomic E-state index is 12.0. The van der Waals surface area contributed by atoms with E-state index < -0.39 is 0 Å². The molecule has 0 radical (unpaired) electrons. The number of furan rings is 1. The van der Waals surface area contributed by atoms with Crippen molar-refractivity contribution >= 4 is 17.7 Å². The second-order valence-corrected chi connectivity index (χ2v) is 7.27. The van der Waals surface area contributed by atoms with Gasteiger partial charge < -0.3 is 14.2 Å². The maximum atomic E-state index is 12.0. The first-order valence-electron chi connectivity index (χ1n) is 8.25. The number of aromatic nitrogens is 2. The molecular weight excluding hydrogens is 326 g/mol. The molecule has 0 saturated heterocycles. The van der Waals surface area contributed by atoms with E-state index >= 15 is 0 Å². The quantitative estimate of drug-likeness (QED) is 0.686. The molecule has 0 aliphatic carbocycles. The summed E-state index contributed by atoms with van der Waals surface area (Å²) in [7, 11) is 0. The highest BCUT2D eigenvalue weighted by Crippen LogP contribution is 2.26. The van der Waals surface area contributed by atoms with Gasteiger partial charge in [0.25, 0.3) is 11.1 Å². The standard InChI is InChI=1S/C17H25N3O3S/c1-11(2)6-5-7-12(3)18-15(21)10-24-17-20-19-16(23-17)14-8-9-22-13(14)4/h8-9,11-12H,5-7,10H2,1-4H3,(H,18,21)/t12-/m0/s1. The van der Waals surface area contributed by atoms with Crippen molar-refractivity contribution in [3.63, 3.8) is 0 Å². The molecule has 2 aromatic rings. The largest absolute Gasteiger partial charge is 0.469 e. The molecule has 7 heteroatoms. The Bertz CT molecular complexity index is 651. The van der Waals surface area contributed by atoms with E-state index in [0.717, 1.165) is 24.2 Å². The van der Waals surface area contributed by atoms with Crippen LogP contribution in [0.15, 0.2) is 26.4 Å². The lowest BCUT2D eigenvalue weighted by atomic mass is 10.0. The van der Waals surface area contributed by atoms with Crippen LogP contribution in [0.2, 0.25) is 0 Å². The minimum atomic E-state index is -0.0173. The number of nitrogens with one attached hydrogen (secondary N) is 1. The molecule has 0 saturated carbocycles. The van der Waals surface area contributed by atoms with Gasteiger partial charge in [0.05, 0.1) is 17.6 Å². The van der Waals surface area contributed by atoms with Crippen LogP contribution >= 0.6 is 11.8 Å². The zero-order chi connectivity index (χ0) is 17.5. The van der Waals surface area contributed by atoms with Gasteiger partial charge in [0.1, 0.15) is 5.76 Å². The molecule has 1 atom stereocenters. The maximum Gasteiger partial charge on any atom is 0.277 e. The number of hydrogen-bond donors (Lipinski definition) is 1. The summed E-state index contributed by atoms with van der Waals surface area (Å²) in [5.41, 5.74) is 0.776. The summed E-state index contributed by atoms with van der Waals surface area (Å²) < 4.78 is 10.8. The van der Waals surface area contributed by atoms with E-state index in [0.29, 0.717) is 17.0 Å². The second-order valence-electron chi connectivity index (χ2n) is 6.35. The minimum Gasteiger partial charge on any atom is -0.469 e. The van der Waals surface area contributed by atoms with Crippen LogP contribution in [-0.4, -0.2) is 27.9 Å². The van der Waals surface area contributed by atoms with Gasteiger partial charge in [0.2, 0.25) is 5.91 Å². The van der Waals surface area contributed by atoms with Crippen LogP contribution in [0.25, 0.3) is 11.5 Å². The van der Waals surface area contributed by atoms with Crippen molar-refractivity contribution in [1.82, 2.24) is 15.5 Å². The van der Waals surface area contributed by atoms with Gasteiger partial charge in [-0.1, -0.05) is 38.5 Å². The first-order chi connectivity index (χ1) is 11.5. The van der Waals surface area contributed by atoms with E-state index in [9.17, 15) is 4.79 Å². The lowest BCUT2D eigenvalue weighted by Gasteiger charge is -2.14. The highest BCUT2D eigenvalue weighted by atomic mass is 32.2. The van der Waals surface area contributed by atoms with Gasteiger partial charge in [-0.3, -0.25) is 4.79 Å². The normalized spacial score (nSPS) is 12.5. The van der Waals surface area contributed by atoms with Crippen molar-refractivity contribution in [3.05, 3.63) is 18.1 Å². The van der Waals surface area contributed by atoms with Crippen molar-refractivity contribution in [2.45, 2.75) is 58.2 Å². The first kappa shape index (κ1) is 18.6. The lowest BCUT2D eigenvalue weighted by Crippen LogP contribution is -2.33. The predicted octanol–water partition coefficient (Wildman–Crippen LogP) is 4.06. The zero-order valence-corrected chi connectivity index (χ0v) is 15.5. The molecule has 0 aliphatic rings. The zero-order valence-electron chi connectivity index (χ0n) is 14.7. The number of aryl methyl sites for hydroxylation is 1. The molecule has 0 fully saturated rings. The third kappa shape index (κ3) is 5.70. The summed E-state index contributed by atoms with van der Waals surface area (Å²) in [6.07, 6.45) is 4.89. The van der Waals surface area contributed by atoms with Gasteiger partial charge in [0.15, 0.2) is 0 Å². The monoisotopic (exact) mass is 351 g/mol. The van der Waals surface area contributed by atoms with Crippen LogP contribution in [0.1, 0.15) is 45.8 Å². The molecule has 0 bridgehead atoms. The lowest BCUT2D eigenvalue weighted by molar-refractivity contribution is -0.119. The van der Waals surface area contributed by atoms with Crippen LogP contribution < -0.4 is 5.32 Å². The third-order valence-electron chi connectivity index (χ3n) is 3.65. The first-order valence-corrected chi connectivity index (χ1v) is 9.24. The number of amides is 1. The minimum absolute atomic E-state index is 0.0173. The number of carbonyl (C=O) groups excluding carboxylic acids is 1. The fraction of sp³-hybridized carbons (Fsp3) is 0.588. The summed E-state index contributed by atoms with van der Waals surface area (Å²) in [6, 6.07) is 1.96. The van der Waals surface area contributed by atoms with E-state index in [2.05, 4.69) is 29.4 Å². The van der Waals surface area contributed by atoms with Crippen LogP contribution in [-0.2, 0) is 4.79 Å². The predicted molar refractivity (Wildman–Crippen MR) is 93.8 cm³/mol. The Morgan fingerprint density at radius 1 is 1.29 bits per heavy atom. The Balaban J connectivity index is 1.74. The van der Waals surface area contributed by atoms with Crippen molar-refractivity contribution in [2.24, 2.45) is 5.92 Å². The van der Waals surface area contributed by atoms with E-state index in [1.807, 2.05) is 13.8 Å². The Labute approximate surface area is 146 Å². The number of nitrogens with zero attached hydrogens (tertiary/aromatic N) is 2. The van der Waals surface area contributed by atoms with E-state index in [4.69, 9.17) is 8.83 Å². The van der Waals surface area contributed by atoms with E-state index in [1.54, 1.807) is 12.3 Å². The van der Waals surface area contributed by atoms with Gasteiger partial charge in [-0.15, -0.1) is 10.2 Å². The summed E-state index contributed by atoms with van der Waals surface area (Å²) in [4.78, 5) is 12.0. The molecule has 1 N–H and O–H groups in total. The van der Waals surface area contributed by atoms with Gasteiger partial charge in [-0.05, 0) is 32.3 Å². The van der Waals surface area contributed by atoms with Crippen molar-refractivity contribution in [2.75, 3.05) is 5.75 Å². The van der Waals surface area contributed by atoms with E-state index in [1.165, 1.54) is 18.2 Å². The molecule has 2 heterocycles. The summed E-state index contributed by atoms with van der Waals surface area (Å²) in [6.45, 7) is 8.29. The molecule has 0 spiro atoms. The molecule has 132 valence electrons. The molecule has 0 unspecified atom stereocenters. The smallest absolute Gasteiger partial charge is 0.277 e. The molecule has 2 rings (SSSR count). The van der Waals surface area contributed by atoms with Crippen LogP contribution in [0.5, 0.6) is 0 Å². The van der Waals surface area contributed by atoms with E-state index in [-0.39, 0.29) is 17.7 Å². The number of carbonyl (C=O) groups is 1. The van der Waals surface area contributed by atoms with Gasteiger partial charge >= 0.3 is 0 Å². The van der Waals surface area contributed by atoms with Gasteiger partial charge in [0, 0.05) is 6.04 Å². The molecule has 0 aliphatic heterocycles. The second kappa shape index (κ2) is 8.92. The molecule has 0 aromatic carbocycles. The Morgan fingerprint density at radius 3 is 2.75 bits per heavy atom. The fourth-order valence-corrected chi connectivity index (χ4v) is 2.91. The molecule has 24 heavy (non-hydrogen) atoms. The Hall–Kier alpha value is -1.76. The van der Waals surface area contributed by atoms with Crippen LogP contribution in [0, 0.1) is 12.8 Å². The molecule has 1 amide bonds. The SMILES string of the molecule is Cc1occc1-c1nnc(SCC(=O)N[C@@H](C)CCCC(C)C)o1. The molecular formula is C17H25N3O3S. The van der Waals surface area contributed by atoms with Crippen LogP contribution in [0.3, 0.4) is 0 Å².